The Kier molecular flexibility index (Phi) is 3.92. The van der Waals surface area contributed by atoms with Crippen LogP contribution in [0.5, 0.6) is 0 Å². The third-order valence-electron chi connectivity index (χ3n) is 3.06. The minimum atomic E-state index is -1.50. The van der Waals surface area contributed by atoms with Crippen LogP contribution >= 0.6 is 11.8 Å². The maximum absolute atomic E-state index is 14.0. The van der Waals surface area contributed by atoms with Crippen LogP contribution in [-0.4, -0.2) is 58.4 Å². The van der Waals surface area contributed by atoms with Crippen LogP contribution in [-0.2, 0) is 4.74 Å². The fourth-order valence-corrected chi connectivity index (χ4v) is 3.08. The summed E-state index contributed by atoms with van der Waals surface area (Å²) < 4.78 is 19.5. The van der Waals surface area contributed by atoms with Crippen LogP contribution in [0.3, 0.4) is 0 Å². The first kappa shape index (κ1) is 13.1. The van der Waals surface area contributed by atoms with Gasteiger partial charge in [-0.05, 0) is 6.42 Å². The van der Waals surface area contributed by atoms with Crippen molar-refractivity contribution >= 4 is 16.9 Å². The molecule has 7 heteroatoms. The summed E-state index contributed by atoms with van der Waals surface area (Å²) in [6, 6.07) is -0.697. The highest BCUT2D eigenvalue weighted by Crippen LogP contribution is 2.38. The molecule has 0 aromatic rings. The van der Waals surface area contributed by atoms with Gasteiger partial charge in [0, 0.05) is 7.05 Å². The maximum atomic E-state index is 14.0. The number of fused-ring (bicyclic) bond motifs is 1. The van der Waals surface area contributed by atoms with E-state index in [-0.39, 0.29) is 0 Å². The summed E-state index contributed by atoms with van der Waals surface area (Å²) in [4.78, 5) is 4.11. The largest absolute Gasteiger partial charge is 0.390 e. The van der Waals surface area contributed by atoms with Crippen molar-refractivity contribution in [3.8, 4) is 0 Å². The summed E-state index contributed by atoms with van der Waals surface area (Å²) in [5.41, 5.74) is -0.470. The Hall–Kier alpha value is -0.370. The fourth-order valence-electron chi connectivity index (χ4n) is 2.03. The topological polar surface area (TPSA) is 74.1 Å². The molecule has 1 fully saturated rings. The molecule has 2 aliphatic rings. The number of thioether (sulfide) groups is 1. The lowest BCUT2D eigenvalue weighted by molar-refractivity contribution is -0.169. The zero-order chi connectivity index (χ0) is 12.6. The molecule has 6 atom stereocenters. The summed E-state index contributed by atoms with van der Waals surface area (Å²) >= 11 is 1.29. The van der Waals surface area contributed by atoms with Gasteiger partial charge >= 0.3 is 0 Å². The molecular formula is C10H17FN2O3S. The summed E-state index contributed by atoms with van der Waals surface area (Å²) in [6.07, 6.45) is -4.15. The Morgan fingerprint density at radius 2 is 2.35 bits per heavy atom. The van der Waals surface area contributed by atoms with E-state index in [0.717, 1.165) is 0 Å². The Morgan fingerprint density at radius 1 is 1.65 bits per heavy atom. The van der Waals surface area contributed by atoms with E-state index in [9.17, 15) is 14.6 Å². The van der Waals surface area contributed by atoms with Gasteiger partial charge in [-0.3, -0.25) is 4.99 Å². The van der Waals surface area contributed by atoms with Gasteiger partial charge in [0.05, 0.1) is 6.10 Å². The van der Waals surface area contributed by atoms with E-state index < -0.39 is 36.0 Å². The molecule has 2 aliphatic heterocycles. The number of halogens is 1. The molecule has 0 aliphatic carbocycles. The standard InChI is InChI=1S/C10H17FN2O3S/c1-3-4(14)8-7(15)5(11)6-9(16-8)17-10(12-2)13-6/h4-9,14-15H,3H2,1-2H3,(H,12,13)/t4-,5+,6+,7-,8+,9+/m0/s1. The smallest absolute Gasteiger partial charge is 0.159 e. The molecule has 5 nitrogen and oxygen atoms in total. The van der Waals surface area contributed by atoms with Gasteiger partial charge in [-0.25, -0.2) is 4.39 Å². The van der Waals surface area contributed by atoms with Gasteiger partial charge in [0.1, 0.15) is 23.7 Å². The van der Waals surface area contributed by atoms with Gasteiger partial charge in [0.15, 0.2) is 11.3 Å². The number of aliphatic imine (C=N–C) groups is 1. The molecule has 3 N–H and O–H groups in total. The van der Waals surface area contributed by atoms with Gasteiger partial charge in [-0.15, -0.1) is 0 Å². The molecule has 0 spiro atoms. The molecular weight excluding hydrogens is 247 g/mol. The summed E-state index contributed by atoms with van der Waals surface area (Å²) in [7, 11) is 1.70. The van der Waals surface area contributed by atoms with Gasteiger partial charge < -0.3 is 20.3 Å². The molecule has 17 heavy (non-hydrogen) atoms. The molecule has 0 aromatic carbocycles. The van der Waals surface area contributed by atoms with Crippen molar-refractivity contribution < 1.29 is 19.3 Å². The molecule has 0 saturated carbocycles. The van der Waals surface area contributed by atoms with E-state index in [0.29, 0.717) is 11.6 Å². The first-order chi connectivity index (χ1) is 8.08. The van der Waals surface area contributed by atoms with Crippen LogP contribution in [0.2, 0.25) is 0 Å². The Bertz CT molecular complexity index is 318. The zero-order valence-corrected chi connectivity index (χ0v) is 10.5. The molecule has 2 rings (SSSR count). The molecule has 2 heterocycles. The highest BCUT2D eigenvalue weighted by atomic mass is 32.2. The van der Waals surface area contributed by atoms with Crippen molar-refractivity contribution in [2.45, 2.75) is 49.3 Å². The van der Waals surface area contributed by atoms with E-state index >= 15 is 0 Å². The number of alkyl halides is 1. The van der Waals surface area contributed by atoms with Crippen molar-refractivity contribution in [1.82, 2.24) is 5.32 Å². The van der Waals surface area contributed by atoms with E-state index in [1.807, 2.05) is 0 Å². The molecule has 0 radical (unpaired) electrons. The van der Waals surface area contributed by atoms with Gasteiger partial charge in [0.2, 0.25) is 0 Å². The zero-order valence-electron chi connectivity index (χ0n) is 9.71. The SMILES string of the molecule is CC[C@H](O)[C@H]1O[C@@H]2SC(NC)=N[C@@H]2[C@@H](F)[C@@H]1O. The van der Waals surface area contributed by atoms with Gasteiger partial charge in [-0.2, -0.15) is 0 Å². The monoisotopic (exact) mass is 264 g/mol. The van der Waals surface area contributed by atoms with Crippen LogP contribution in [0.15, 0.2) is 4.99 Å². The third kappa shape index (κ3) is 2.29. The second kappa shape index (κ2) is 5.09. The van der Waals surface area contributed by atoms with Crippen molar-refractivity contribution in [1.29, 1.82) is 0 Å². The predicted molar refractivity (Wildman–Crippen MR) is 63.7 cm³/mol. The number of hydrogen-bond donors (Lipinski definition) is 3. The normalized spacial score (nSPS) is 42.9. The van der Waals surface area contributed by atoms with E-state index in [1.165, 1.54) is 11.8 Å². The molecule has 0 bridgehead atoms. The van der Waals surface area contributed by atoms with Crippen LogP contribution in [0, 0.1) is 0 Å². The van der Waals surface area contributed by atoms with Crippen molar-refractivity contribution in [3.63, 3.8) is 0 Å². The molecule has 0 unspecified atom stereocenters. The molecule has 1 saturated heterocycles. The first-order valence-corrected chi connectivity index (χ1v) is 6.54. The molecule has 98 valence electrons. The second-order valence-corrected chi connectivity index (χ2v) is 5.26. The number of nitrogens with zero attached hydrogens (tertiary/aromatic N) is 1. The van der Waals surface area contributed by atoms with E-state index in [1.54, 1.807) is 14.0 Å². The maximum Gasteiger partial charge on any atom is 0.159 e. The number of aliphatic hydroxyl groups excluding tert-OH is 2. The lowest BCUT2D eigenvalue weighted by atomic mass is 9.95. The lowest BCUT2D eigenvalue weighted by Gasteiger charge is -2.38. The summed E-state index contributed by atoms with van der Waals surface area (Å²) in [5, 5.41) is 22.9. The highest BCUT2D eigenvalue weighted by molar-refractivity contribution is 8.14. The molecule has 0 amide bonds. The van der Waals surface area contributed by atoms with Crippen LogP contribution in [0.1, 0.15) is 13.3 Å². The number of amidine groups is 1. The summed E-state index contributed by atoms with van der Waals surface area (Å²) in [5.74, 6) is 0. The van der Waals surface area contributed by atoms with E-state index in [2.05, 4.69) is 10.3 Å². The Morgan fingerprint density at radius 3 is 2.94 bits per heavy atom. The minimum absolute atomic E-state index is 0.413. The molecule has 0 aromatic heterocycles. The van der Waals surface area contributed by atoms with E-state index in [4.69, 9.17) is 4.74 Å². The minimum Gasteiger partial charge on any atom is -0.390 e. The Labute approximate surface area is 103 Å². The van der Waals surface area contributed by atoms with Crippen LogP contribution in [0.25, 0.3) is 0 Å². The fraction of sp³-hybridized carbons (Fsp3) is 0.900. The third-order valence-corrected chi connectivity index (χ3v) is 4.22. The van der Waals surface area contributed by atoms with Gasteiger partial charge in [0.25, 0.3) is 0 Å². The number of rotatable bonds is 2. The van der Waals surface area contributed by atoms with Crippen LogP contribution in [0.4, 0.5) is 4.39 Å². The average molecular weight is 264 g/mol. The quantitative estimate of drug-likeness (QED) is 0.648. The lowest BCUT2D eigenvalue weighted by Crippen LogP contribution is -2.56. The van der Waals surface area contributed by atoms with Crippen molar-refractivity contribution in [3.05, 3.63) is 0 Å². The van der Waals surface area contributed by atoms with Gasteiger partial charge in [-0.1, -0.05) is 18.7 Å². The average Bonchev–Trinajstić information content (AvgIpc) is 2.76. The van der Waals surface area contributed by atoms with Crippen molar-refractivity contribution in [2.24, 2.45) is 4.99 Å². The first-order valence-electron chi connectivity index (χ1n) is 5.66. The van der Waals surface area contributed by atoms with Crippen LogP contribution < -0.4 is 5.32 Å². The summed E-state index contributed by atoms with van der Waals surface area (Å²) in [6.45, 7) is 1.76. The number of nitrogens with one attached hydrogen (secondary N) is 1. The number of aliphatic hydroxyl groups is 2. The second-order valence-electron chi connectivity index (χ2n) is 4.17. The Balaban J connectivity index is 2.12. The highest BCUT2D eigenvalue weighted by Gasteiger charge is 2.50. The van der Waals surface area contributed by atoms with Crippen molar-refractivity contribution in [2.75, 3.05) is 7.05 Å². The number of hydrogen-bond acceptors (Lipinski definition) is 6. The predicted octanol–water partition coefficient (Wildman–Crippen LogP) is -0.128. The number of ether oxygens (including phenoxy) is 1.